The van der Waals surface area contributed by atoms with E-state index in [0.29, 0.717) is 13.2 Å². The van der Waals surface area contributed by atoms with Crippen LogP contribution in [-0.2, 0) is 9.31 Å². The fourth-order valence-electron chi connectivity index (χ4n) is 2.04. The van der Waals surface area contributed by atoms with Crippen molar-refractivity contribution in [1.82, 2.24) is 4.90 Å². The lowest BCUT2D eigenvalue weighted by Gasteiger charge is -2.27. The molecule has 2 heterocycles. The van der Waals surface area contributed by atoms with Gasteiger partial charge in [-0.15, -0.1) is 11.3 Å². The van der Waals surface area contributed by atoms with Crippen LogP contribution in [0.4, 0.5) is 0 Å². The lowest BCUT2D eigenvalue weighted by molar-refractivity contribution is 0.116. The highest BCUT2D eigenvalue weighted by Gasteiger charge is 2.27. The molecule has 1 saturated heterocycles. The van der Waals surface area contributed by atoms with E-state index in [1.165, 1.54) is 12.8 Å². The Hall–Kier alpha value is 0.605. The first kappa shape index (κ1) is 16.0. The minimum absolute atomic E-state index is 0.245. The van der Waals surface area contributed by atoms with Crippen LogP contribution in [-0.4, -0.2) is 44.9 Å². The lowest BCUT2D eigenvalue weighted by atomic mass is 9.81. The van der Waals surface area contributed by atoms with Gasteiger partial charge >= 0.3 is 7.12 Å². The third-order valence-electron chi connectivity index (χ3n) is 3.12. The van der Waals surface area contributed by atoms with Crippen molar-refractivity contribution < 1.29 is 9.31 Å². The number of thiophene rings is 1. The summed E-state index contributed by atoms with van der Waals surface area (Å²) in [6, 6.07) is 2.07. The average Bonchev–Trinajstić information content (AvgIpc) is 2.67. The van der Waals surface area contributed by atoms with Crippen molar-refractivity contribution in [2.75, 3.05) is 32.8 Å². The Morgan fingerprint density at radius 3 is 2.53 bits per heavy atom. The maximum absolute atomic E-state index is 5.87. The van der Waals surface area contributed by atoms with Crippen molar-refractivity contribution in [3.63, 3.8) is 0 Å². The standard InChI is InChI=1S/C12H18BBr2NO2S/c1-2-3-4-16-5-7-17-13(18-8-6-16)10-9-11(14)19-12(10)15/h9H,2-8H2,1H3. The Labute approximate surface area is 136 Å². The first-order chi connectivity index (χ1) is 9.20. The smallest absolute Gasteiger partial charge is 0.406 e. The van der Waals surface area contributed by atoms with E-state index < -0.39 is 0 Å². The second-order valence-corrected chi connectivity index (χ2v) is 8.30. The predicted molar refractivity (Wildman–Crippen MR) is 88.4 cm³/mol. The van der Waals surface area contributed by atoms with E-state index >= 15 is 0 Å². The van der Waals surface area contributed by atoms with Crippen molar-refractivity contribution in [2.45, 2.75) is 19.8 Å². The van der Waals surface area contributed by atoms with Crippen LogP contribution in [0.25, 0.3) is 0 Å². The zero-order valence-electron chi connectivity index (χ0n) is 11.0. The molecular formula is C12H18BBr2NO2S. The van der Waals surface area contributed by atoms with E-state index in [2.05, 4.69) is 49.7 Å². The largest absolute Gasteiger partial charge is 0.496 e. The number of unbranched alkanes of at least 4 members (excludes halogenated alkanes) is 1. The van der Waals surface area contributed by atoms with E-state index in [1.54, 1.807) is 11.3 Å². The van der Waals surface area contributed by atoms with Crippen LogP contribution < -0.4 is 5.46 Å². The molecule has 0 bridgehead atoms. The van der Waals surface area contributed by atoms with Crippen molar-refractivity contribution in [2.24, 2.45) is 0 Å². The van der Waals surface area contributed by atoms with Crippen LogP contribution in [0.5, 0.6) is 0 Å². The molecule has 7 heteroatoms. The summed E-state index contributed by atoms with van der Waals surface area (Å²) in [4.78, 5) is 2.41. The molecule has 1 aliphatic rings. The summed E-state index contributed by atoms with van der Waals surface area (Å²) >= 11 is 8.70. The second-order valence-electron chi connectivity index (χ2n) is 4.55. The summed E-state index contributed by atoms with van der Waals surface area (Å²) < 4.78 is 13.9. The molecule has 2 rings (SSSR count). The molecule has 3 nitrogen and oxygen atoms in total. The van der Waals surface area contributed by atoms with Gasteiger partial charge in [0, 0.05) is 31.8 Å². The lowest BCUT2D eigenvalue weighted by Crippen LogP contribution is -2.44. The monoisotopic (exact) mass is 409 g/mol. The first-order valence-electron chi connectivity index (χ1n) is 6.61. The molecular weight excluding hydrogens is 393 g/mol. The molecule has 0 aromatic carbocycles. The molecule has 1 aromatic heterocycles. The fraction of sp³-hybridized carbons (Fsp3) is 0.667. The highest BCUT2D eigenvalue weighted by Crippen LogP contribution is 2.26. The number of rotatable bonds is 4. The van der Waals surface area contributed by atoms with Crippen LogP contribution in [0.15, 0.2) is 13.6 Å². The van der Waals surface area contributed by atoms with Crippen LogP contribution in [0.1, 0.15) is 19.8 Å². The third-order valence-corrected chi connectivity index (χ3v) is 5.50. The van der Waals surface area contributed by atoms with E-state index in [-0.39, 0.29) is 7.12 Å². The highest BCUT2D eigenvalue weighted by molar-refractivity contribution is 9.12. The van der Waals surface area contributed by atoms with Gasteiger partial charge in [0.2, 0.25) is 0 Å². The first-order valence-corrected chi connectivity index (χ1v) is 9.01. The zero-order valence-corrected chi connectivity index (χ0v) is 15.0. The maximum Gasteiger partial charge on any atom is 0.496 e. The molecule has 19 heavy (non-hydrogen) atoms. The van der Waals surface area contributed by atoms with Gasteiger partial charge in [-0.2, -0.15) is 0 Å². The van der Waals surface area contributed by atoms with E-state index in [1.807, 2.05) is 0 Å². The quantitative estimate of drug-likeness (QED) is 0.712. The molecule has 0 radical (unpaired) electrons. The number of nitrogens with zero attached hydrogens (tertiary/aromatic N) is 1. The molecule has 106 valence electrons. The van der Waals surface area contributed by atoms with Gasteiger partial charge in [0.15, 0.2) is 0 Å². The second kappa shape index (κ2) is 8.15. The molecule has 0 spiro atoms. The van der Waals surface area contributed by atoms with Gasteiger partial charge in [-0.1, -0.05) is 13.3 Å². The molecule has 1 aromatic rings. The topological polar surface area (TPSA) is 21.7 Å². The summed E-state index contributed by atoms with van der Waals surface area (Å²) in [5, 5.41) is 0. The van der Waals surface area contributed by atoms with Gasteiger partial charge in [-0.05, 0) is 50.9 Å². The number of hydrogen-bond acceptors (Lipinski definition) is 4. The predicted octanol–water partition coefficient (Wildman–Crippen LogP) is 3.12. The molecule has 0 aliphatic carbocycles. The van der Waals surface area contributed by atoms with Crippen molar-refractivity contribution in [1.29, 1.82) is 0 Å². The van der Waals surface area contributed by atoms with Gasteiger partial charge < -0.3 is 9.31 Å². The molecule has 0 saturated carbocycles. The highest BCUT2D eigenvalue weighted by atomic mass is 79.9. The average molecular weight is 411 g/mol. The summed E-state index contributed by atoms with van der Waals surface area (Å²) in [6.07, 6.45) is 2.48. The van der Waals surface area contributed by atoms with Crippen molar-refractivity contribution >= 4 is 55.8 Å². The Morgan fingerprint density at radius 2 is 2.00 bits per heavy atom. The Balaban J connectivity index is 1.89. The molecule has 0 unspecified atom stereocenters. The van der Waals surface area contributed by atoms with Crippen LogP contribution in [0, 0.1) is 0 Å². The SMILES string of the molecule is CCCCN1CCOB(c2cc(Br)sc2Br)OCC1. The van der Waals surface area contributed by atoms with Crippen molar-refractivity contribution in [3.8, 4) is 0 Å². The number of hydrogen-bond donors (Lipinski definition) is 0. The van der Waals surface area contributed by atoms with Gasteiger partial charge in [0.05, 0.1) is 7.57 Å². The summed E-state index contributed by atoms with van der Waals surface area (Å²) in [7, 11) is -0.245. The van der Waals surface area contributed by atoms with E-state index in [9.17, 15) is 0 Å². The van der Waals surface area contributed by atoms with Crippen LogP contribution >= 0.6 is 43.2 Å². The van der Waals surface area contributed by atoms with E-state index in [0.717, 1.165) is 32.7 Å². The van der Waals surface area contributed by atoms with Gasteiger partial charge in [0.25, 0.3) is 0 Å². The van der Waals surface area contributed by atoms with Gasteiger partial charge in [-0.25, -0.2) is 0 Å². The molecule has 0 N–H and O–H groups in total. The number of halogens is 2. The van der Waals surface area contributed by atoms with Crippen LogP contribution in [0.3, 0.4) is 0 Å². The zero-order chi connectivity index (χ0) is 13.7. The molecule has 0 amide bonds. The molecule has 1 aliphatic heterocycles. The molecule has 0 atom stereocenters. The summed E-state index contributed by atoms with van der Waals surface area (Å²) in [5.74, 6) is 0. The third kappa shape index (κ3) is 4.83. The van der Waals surface area contributed by atoms with Gasteiger partial charge in [0.1, 0.15) is 0 Å². The Bertz CT molecular complexity index is 395. The Kier molecular flexibility index (Phi) is 6.85. The van der Waals surface area contributed by atoms with Crippen molar-refractivity contribution in [3.05, 3.63) is 13.6 Å². The summed E-state index contributed by atoms with van der Waals surface area (Å²) in [5.41, 5.74) is 1.08. The summed E-state index contributed by atoms with van der Waals surface area (Å²) in [6.45, 7) is 6.77. The normalized spacial score (nSPS) is 18.4. The molecule has 1 fully saturated rings. The van der Waals surface area contributed by atoms with Crippen LogP contribution in [0.2, 0.25) is 0 Å². The fourth-order valence-corrected chi connectivity index (χ4v) is 4.87. The Morgan fingerprint density at radius 1 is 1.32 bits per heavy atom. The van der Waals surface area contributed by atoms with E-state index in [4.69, 9.17) is 9.31 Å². The minimum atomic E-state index is -0.245. The minimum Gasteiger partial charge on any atom is -0.406 e. The maximum atomic E-state index is 5.87. The van der Waals surface area contributed by atoms with Gasteiger partial charge in [-0.3, -0.25) is 4.90 Å².